The molecule has 10 heteroatoms. The Morgan fingerprint density at radius 2 is 1.96 bits per heavy atom. The molecule has 4 rings (SSSR count). The monoisotopic (exact) mass is 398 g/mol. The molecule has 8 nitrogen and oxygen atoms in total. The van der Waals surface area contributed by atoms with Gasteiger partial charge in [-0.3, -0.25) is 25.1 Å². The van der Waals surface area contributed by atoms with Gasteiger partial charge in [0.05, 0.1) is 10.3 Å². The molecule has 3 heterocycles. The number of non-ortho nitro benzene ring substituents is 1. The standard InChI is InChI=1S/C17H10N4O4S2/c22-15(10-3-5-11(6-4-10)21(24)25)19-20-9-18-16-14(17(20)23)12(8-27-16)13-2-1-7-26-13/h1-9H,(H,19,22). The first kappa shape index (κ1) is 17.1. The third-order valence-corrected chi connectivity index (χ3v) is 5.63. The average Bonchev–Trinajstić information content (AvgIpc) is 3.33. The minimum atomic E-state index is -0.568. The molecule has 0 unspecified atom stereocenters. The second kappa shape index (κ2) is 6.74. The SMILES string of the molecule is O=C(Nn1cnc2scc(-c3cccs3)c2c1=O)c1ccc([N+](=O)[O-])cc1. The van der Waals surface area contributed by atoms with Gasteiger partial charge in [-0.1, -0.05) is 6.07 Å². The lowest BCUT2D eigenvalue weighted by molar-refractivity contribution is -0.384. The molecule has 0 spiro atoms. The summed E-state index contributed by atoms with van der Waals surface area (Å²) in [4.78, 5) is 41.1. The van der Waals surface area contributed by atoms with Crippen LogP contribution in [0.15, 0.2) is 58.3 Å². The normalized spacial score (nSPS) is 10.8. The molecule has 0 aliphatic heterocycles. The zero-order valence-corrected chi connectivity index (χ0v) is 15.1. The van der Waals surface area contributed by atoms with Crippen LogP contribution in [0.3, 0.4) is 0 Å². The van der Waals surface area contributed by atoms with E-state index in [2.05, 4.69) is 10.4 Å². The maximum Gasteiger partial charge on any atom is 0.281 e. The predicted molar refractivity (Wildman–Crippen MR) is 104 cm³/mol. The number of carbonyl (C=O) groups excluding carboxylic acids is 1. The van der Waals surface area contributed by atoms with Gasteiger partial charge in [0, 0.05) is 33.5 Å². The Kier molecular flexibility index (Phi) is 4.26. The number of aromatic nitrogens is 2. The van der Waals surface area contributed by atoms with Crippen LogP contribution in [0.2, 0.25) is 0 Å². The maximum atomic E-state index is 12.8. The first-order chi connectivity index (χ1) is 13.0. The third-order valence-electron chi connectivity index (χ3n) is 3.84. The van der Waals surface area contributed by atoms with Crippen LogP contribution in [0, 0.1) is 10.1 Å². The highest BCUT2D eigenvalue weighted by molar-refractivity contribution is 7.18. The Morgan fingerprint density at radius 3 is 2.63 bits per heavy atom. The molecule has 0 radical (unpaired) electrons. The number of fused-ring (bicyclic) bond motifs is 1. The number of thiophene rings is 2. The van der Waals surface area contributed by atoms with E-state index in [1.54, 1.807) is 0 Å². The first-order valence-corrected chi connectivity index (χ1v) is 9.39. The highest BCUT2D eigenvalue weighted by Gasteiger charge is 2.16. The summed E-state index contributed by atoms with van der Waals surface area (Å²) in [5.41, 5.74) is 2.93. The van der Waals surface area contributed by atoms with Gasteiger partial charge in [0.1, 0.15) is 11.2 Å². The molecule has 0 aliphatic carbocycles. The summed E-state index contributed by atoms with van der Waals surface area (Å²) in [6.45, 7) is 0. The highest BCUT2D eigenvalue weighted by atomic mass is 32.1. The number of carbonyl (C=O) groups is 1. The molecule has 4 aromatic rings. The molecule has 0 saturated carbocycles. The van der Waals surface area contributed by atoms with Crippen molar-refractivity contribution in [2.75, 3.05) is 5.43 Å². The Balaban J connectivity index is 1.69. The molecule has 1 aromatic carbocycles. The molecular formula is C17H10N4O4S2. The van der Waals surface area contributed by atoms with E-state index < -0.39 is 10.8 Å². The number of hydrogen-bond acceptors (Lipinski definition) is 7. The van der Waals surface area contributed by atoms with Crippen molar-refractivity contribution in [2.45, 2.75) is 0 Å². The van der Waals surface area contributed by atoms with Crippen molar-refractivity contribution in [2.24, 2.45) is 0 Å². The fraction of sp³-hybridized carbons (Fsp3) is 0. The molecule has 3 aromatic heterocycles. The van der Waals surface area contributed by atoms with Gasteiger partial charge in [-0.25, -0.2) is 9.66 Å². The van der Waals surface area contributed by atoms with Crippen molar-refractivity contribution < 1.29 is 9.72 Å². The predicted octanol–water partition coefficient (Wildman–Crippen LogP) is 3.48. The zero-order chi connectivity index (χ0) is 19.0. The summed E-state index contributed by atoms with van der Waals surface area (Å²) in [7, 11) is 0. The number of benzene rings is 1. The molecule has 1 N–H and O–H groups in total. The number of rotatable bonds is 4. The quantitative estimate of drug-likeness (QED) is 0.418. The first-order valence-electron chi connectivity index (χ1n) is 7.63. The fourth-order valence-electron chi connectivity index (χ4n) is 2.53. The second-order valence-corrected chi connectivity index (χ2v) is 7.28. The largest absolute Gasteiger partial charge is 0.281 e. The van der Waals surface area contributed by atoms with Gasteiger partial charge >= 0.3 is 0 Å². The van der Waals surface area contributed by atoms with Gasteiger partial charge in [-0.05, 0) is 23.6 Å². The number of hydrogen-bond donors (Lipinski definition) is 1. The van der Waals surface area contributed by atoms with Crippen molar-refractivity contribution >= 4 is 44.5 Å². The molecule has 1 amide bonds. The van der Waals surface area contributed by atoms with Crippen molar-refractivity contribution in [1.29, 1.82) is 0 Å². The lowest BCUT2D eigenvalue weighted by atomic mass is 10.2. The third kappa shape index (κ3) is 3.11. The minimum absolute atomic E-state index is 0.120. The molecule has 134 valence electrons. The van der Waals surface area contributed by atoms with Crippen LogP contribution in [0.5, 0.6) is 0 Å². The number of amides is 1. The number of nitrogens with zero attached hydrogens (tertiary/aromatic N) is 3. The van der Waals surface area contributed by atoms with Crippen LogP contribution in [-0.2, 0) is 0 Å². The van der Waals surface area contributed by atoms with Crippen LogP contribution >= 0.6 is 22.7 Å². The maximum absolute atomic E-state index is 12.8. The fourth-order valence-corrected chi connectivity index (χ4v) is 4.25. The van der Waals surface area contributed by atoms with E-state index in [1.807, 2.05) is 22.9 Å². The average molecular weight is 398 g/mol. The van der Waals surface area contributed by atoms with Crippen molar-refractivity contribution in [3.8, 4) is 10.4 Å². The van der Waals surface area contributed by atoms with E-state index >= 15 is 0 Å². The van der Waals surface area contributed by atoms with E-state index in [9.17, 15) is 19.7 Å². The van der Waals surface area contributed by atoms with Gasteiger partial charge in [0.25, 0.3) is 17.2 Å². The molecule has 0 aliphatic rings. The minimum Gasteiger partial charge on any atom is -0.267 e. The van der Waals surface area contributed by atoms with Gasteiger partial charge in [-0.15, -0.1) is 22.7 Å². The summed E-state index contributed by atoms with van der Waals surface area (Å²) in [5.74, 6) is -0.568. The summed E-state index contributed by atoms with van der Waals surface area (Å²) in [6, 6.07) is 8.92. The lowest BCUT2D eigenvalue weighted by Crippen LogP contribution is -2.33. The number of nitrogens with one attached hydrogen (secondary N) is 1. The molecule has 0 fully saturated rings. The lowest BCUT2D eigenvalue weighted by Gasteiger charge is -2.08. The van der Waals surface area contributed by atoms with Gasteiger partial charge < -0.3 is 0 Å². The summed E-state index contributed by atoms with van der Waals surface area (Å²) in [5, 5.41) is 14.9. The Hall–Kier alpha value is -3.37. The number of nitro benzene ring substituents is 1. The molecular weight excluding hydrogens is 388 g/mol. The van der Waals surface area contributed by atoms with Crippen LogP contribution < -0.4 is 11.0 Å². The van der Waals surface area contributed by atoms with E-state index in [-0.39, 0.29) is 16.8 Å². The summed E-state index contributed by atoms with van der Waals surface area (Å²) >= 11 is 2.87. The van der Waals surface area contributed by atoms with Gasteiger partial charge in [-0.2, -0.15) is 0 Å². The van der Waals surface area contributed by atoms with Crippen LogP contribution in [0.4, 0.5) is 5.69 Å². The molecule has 0 saturated heterocycles. The van der Waals surface area contributed by atoms with Gasteiger partial charge in [0.15, 0.2) is 0 Å². The zero-order valence-electron chi connectivity index (χ0n) is 13.5. The summed E-state index contributed by atoms with van der Waals surface area (Å²) < 4.78 is 1.02. The van der Waals surface area contributed by atoms with Crippen molar-refractivity contribution in [3.05, 3.63) is 79.5 Å². The van der Waals surface area contributed by atoms with Crippen LogP contribution in [0.1, 0.15) is 10.4 Å². The number of nitro groups is 1. The Bertz CT molecular complexity index is 1210. The van der Waals surface area contributed by atoms with Gasteiger partial charge in [0.2, 0.25) is 0 Å². The van der Waals surface area contributed by atoms with Crippen molar-refractivity contribution in [1.82, 2.24) is 9.66 Å². The van der Waals surface area contributed by atoms with E-state index in [0.29, 0.717) is 10.2 Å². The Labute approximate surface area is 159 Å². The Morgan fingerprint density at radius 1 is 1.19 bits per heavy atom. The van der Waals surface area contributed by atoms with Crippen molar-refractivity contribution in [3.63, 3.8) is 0 Å². The second-order valence-electron chi connectivity index (χ2n) is 5.47. The smallest absolute Gasteiger partial charge is 0.267 e. The van der Waals surface area contributed by atoms with E-state index in [0.717, 1.165) is 15.1 Å². The van der Waals surface area contributed by atoms with E-state index in [1.165, 1.54) is 53.3 Å². The topological polar surface area (TPSA) is 107 Å². The van der Waals surface area contributed by atoms with Crippen LogP contribution in [0.25, 0.3) is 20.7 Å². The van der Waals surface area contributed by atoms with E-state index in [4.69, 9.17) is 0 Å². The van der Waals surface area contributed by atoms with Crippen LogP contribution in [-0.4, -0.2) is 20.5 Å². The molecule has 27 heavy (non-hydrogen) atoms. The molecule has 0 bridgehead atoms. The highest BCUT2D eigenvalue weighted by Crippen LogP contribution is 2.33. The summed E-state index contributed by atoms with van der Waals surface area (Å²) in [6.07, 6.45) is 1.25. The molecule has 0 atom stereocenters.